The van der Waals surface area contributed by atoms with E-state index in [0.29, 0.717) is 6.42 Å². The Hall–Kier alpha value is -1.15. The number of rotatable bonds is 7. The minimum absolute atomic E-state index is 0.177. The third kappa shape index (κ3) is 42.8. The van der Waals surface area contributed by atoms with E-state index >= 15 is 0 Å². The van der Waals surface area contributed by atoms with E-state index in [-0.39, 0.29) is 5.78 Å². The van der Waals surface area contributed by atoms with Crippen LogP contribution in [0.1, 0.15) is 80.1 Å². The van der Waals surface area contributed by atoms with Crippen LogP contribution in [0.2, 0.25) is 0 Å². The van der Waals surface area contributed by atoms with Crippen LogP contribution in [0, 0.1) is 0 Å². The summed E-state index contributed by atoms with van der Waals surface area (Å²) >= 11 is 0. The van der Waals surface area contributed by atoms with Crippen LogP contribution in [-0.2, 0) is 4.79 Å². The predicted octanol–water partition coefficient (Wildman–Crippen LogP) is 6.27. The van der Waals surface area contributed by atoms with Crippen LogP contribution in [0.4, 0.5) is 0 Å². The van der Waals surface area contributed by atoms with Crippen molar-refractivity contribution in [3.63, 3.8) is 0 Å². The summed E-state index contributed by atoms with van der Waals surface area (Å²) in [7, 11) is 1.00. The van der Waals surface area contributed by atoms with Gasteiger partial charge < -0.3 is 5.11 Å². The second-order valence-corrected chi connectivity index (χ2v) is 4.71. The Bertz CT molecular complexity index is 259. The summed E-state index contributed by atoms with van der Waals surface area (Å²) in [6.45, 7) is 15.9. The van der Waals surface area contributed by atoms with E-state index in [1.807, 2.05) is 25.2 Å². The van der Waals surface area contributed by atoms with Crippen LogP contribution in [-0.4, -0.2) is 18.0 Å². The third-order valence-electron chi connectivity index (χ3n) is 2.37. The zero-order valence-corrected chi connectivity index (χ0v) is 16.1. The van der Waals surface area contributed by atoms with Gasteiger partial charge in [-0.15, -0.1) is 0 Å². The van der Waals surface area contributed by atoms with Crippen molar-refractivity contribution in [3.8, 4) is 0 Å². The molecule has 1 N–H and O–H groups in total. The fourth-order valence-electron chi connectivity index (χ4n) is 1.18. The lowest BCUT2D eigenvalue weighted by molar-refractivity contribution is -0.116. The van der Waals surface area contributed by atoms with E-state index in [4.69, 9.17) is 5.11 Å². The second kappa shape index (κ2) is 32.0. The SMILES string of the molecule is C=C/C=C(\C=C/C)CC(C)=O.CCCC.CCCCC.CO. The fourth-order valence-corrected chi connectivity index (χ4v) is 1.18. The summed E-state index contributed by atoms with van der Waals surface area (Å²) in [6, 6.07) is 0. The summed E-state index contributed by atoms with van der Waals surface area (Å²) in [5.74, 6) is 0.177. The van der Waals surface area contributed by atoms with Gasteiger partial charge in [0.2, 0.25) is 0 Å². The molecule has 0 aromatic rings. The molecule has 22 heavy (non-hydrogen) atoms. The van der Waals surface area contributed by atoms with Gasteiger partial charge in [0.05, 0.1) is 0 Å². The van der Waals surface area contributed by atoms with Crippen molar-refractivity contribution in [2.24, 2.45) is 0 Å². The molecule has 0 atom stereocenters. The molecule has 2 nitrogen and oxygen atoms in total. The Morgan fingerprint density at radius 1 is 1.00 bits per heavy atom. The Kier molecular flexibility index (Phi) is 42.1. The summed E-state index contributed by atoms with van der Waals surface area (Å²) in [6.07, 6.45) is 14.6. The van der Waals surface area contributed by atoms with Crippen molar-refractivity contribution in [1.29, 1.82) is 0 Å². The molecule has 0 radical (unpaired) electrons. The fraction of sp³-hybridized carbons (Fsp3) is 0.650. The van der Waals surface area contributed by atoms with Crippen LogP contribution in [0.15, 0.2) is 36.5 Å². The Balaban J connectivity index is -0.000000122. The summed E-state index contributed by atoms with van der Waals surface area (Å²) in [4.78, 5) is 10.7. The Morgan fingerprint density at radius 3 is 1.64 bits per heavy atom. The molecule has 0 saturated carbocycles. The van der Waals surface area contributed by atoms with Gasteiger partial charge in [-0.1, -0.05) is 90.7 Å². The Morgan fingerprint density at radius 2 is 1.45 bits per heavy atom. The monoisotopic (exact) mass is 312 g/mol. The van der Waals surface area contributed by atoms with Crippen molar-refractivity contribution >= 4 is 5.78 Å². The van der Waals surface area contributed by atoms with Gasteiger partial charge >= 0.3 is 0 Å². The van der Waals surface area contributed by atoms with Gasteiger partial charge in [-0.05, 0) is 19.4 Å². The molecule has 0 spiro atoms. The van der Waals surface area contributed by atoms with Crippen molar-refractivity contribution < 1.29 is 9.90 Å². The van der Waals surface area contributed by atoms with Crippen LogP contribution < -0.4 is 0 Å². The molecule has 132 valence electrons. The van der Waals surface area contributed by atoms with Crippen LogP contribution in [0.5, 0.6) is 0 Å². The van der Waals surface area contributed by atoms with Gasteiger partial charge in [0.25, 0.3) is 0 Å². The molecule has 0 aliphatic carbocycles. The third-order valence-corrected chi connectivity index (χ3v) is 2.37. The van der Waals surface area contributed by atoms with Crippen molar-refractivity contribution in [3.05, 3.63) is 36.5 Å². The maximum absolute atomic E-state index is 10.7. The molecule has 0 amide bonds. The van der Waals surface area contributed by atoms with Gasteiger partial charge in [0.15, 0.2) is 0 Å². The maximum atomic E-state index is 10.7. The molecule has 0 aliphatic heterocycles. The highest BCUT2D eigenvalue weighted by Crippen LogP contribution is 2.03. The number of unbranched alkanes of at least 4 members (excludes halogenated alkanes) is 3. The quantitative estimate of drug-likeness (QED) is 0.563. The Labute approximate surface area is 140 Å². The molecule has 0 aliphatic rings. The first-order chi connectivity index (χ1) is 10.5. The largest absolute Gasteiger partial charge is 0.400 e. The molecular formula is C20H40O2. The summed E-state index contributed by atoms with van der Waals surface area (Å²) in [5.41, 5.74) is 1.01. The summed E-state index contributed by atoms with van der Waals surface area (Å²) in [5, 5.41) is 7.00. The standard InChI is InChI=1S/C10H14O.C5H12.C4H10.CH4O/c1-4-6-10(7-5-2)8-9(3)11;1-3-5-4-2;1-3-4-2;1-2/h4-7H,1,8H2,2-3H3;3-5H2,1-2H3;3-4H2,1-2H3;2H,1H3/b7-5-,10-6+;;;. The number of Topliss-reactive ketones (excluding diaryl/α,β-unsaturated/α-hetero) is 1. The topological polar surface area (TPSA) is 37.3 Å². The molecule has 0 unspecified atom stereocenters. The number of hydrogen-bond donors (Lipinski definition) is 1. The molecule has 0 bridgehead atoms. The highest BCUT2D eigenvalue weighted by molar-refractivity contribution is 5.78. The van der Waals surface area contributed by atoms with E-state index in [1.165, 1.54) is 32.1 Å². The highest BCUT2D eigenvalue weighted by atomic mass is 16.2. The van der Waals surface area contributed by atoms with Gasteiger partial charge in [0, 0.05) is 13.5 Å². The average Bonchev–Trinajstić information content (AvgIpc) is 2.51. The minimum atomic E-state index is 0.177. The van der Waals surface area contributed by atoms with Gasteiger partial charge in [-0.25, -0.2) is 0 Å². The normalized spacial score (nSPS) is 9.55. The number of carbonyl (C=O) groups excluding carboxylic acids is 1. The van der Waals surface area contributed by atoms with E-state index in [1.54, 1.807) is 13.0 Å². The number of aliphatic hydroxyl groups is 1. The predicted molar refractivity (Wildman–Crippen MR) is 102 cm³/mol. The zero-order valence-electron chi connectivity index (χ0n) is 16.1. The maximum Gasteiger partial charge on any atom is 0.134 e. The molecule has 0 heterocycles. The van der Waals surface area contributed by atoms with Crippen molar-refractivity contribution in [1.82, 2.24) is 0 Å². The molecule has 0 rings (SSSR count). The van der Waals surface area contributed by atoms with E-state index in [2.05, 4.69) is 34.3 Å². The average molecular weight is 313 g/mol. The number of carbonyl (C=O) groups is 1. The zero-order chi connectivity index (χ0) is 18.2. The lowest BCUT2D eigenvalue weighted by Crippen LogP contribution is -1.90. The van der Waals surface area contributed by atoms with Crippen molar-refractivity contribution in [2.45, 2.75) is 80.1 Å². The molecule has 0 saturated heterocycles. The first-order valence-electron chi connectivity index (χ1n) is 8.42. The van der Waals surface area contributed by atoms with Gasteiger partial charge in [-0.3, -0.25) is 4.79 Å². The summed E-state index contributed by atoms with van der Waals surface area (Å²) < 4.78 is 0. The van der Waals surface area contributed by atoms with Crippen molar-refractivity contribution in [2.75, 3.05) is 7.11 Å². The smallest absolute Gasteiger partial charge is 0.134 e. The lowest BCUT2D eigenvalue weighted by atomic mass is 10.1. The molecular weight excluding hydrogens is 272 g/mol. The van der Waals surface area contributed by atoms with E-state index in [9.17, 15) is 4.79 Å². The van der Waals surface area contributed by atoms with Crippen LogP contribution in [0.25, 0.3) is 0 Å². The second-order valence-electron chi connectivity index (χ2n) is 4.71. The van der Waals surface area contributed by atoms with Crippen LogP contribution in [0.3, 0.4) is 0 Å². The number of hydrogen-bond acceptors (Lipinski definition) is 2. The van der Waals surface area contributed by atoms with Gasteiger partial charge in [0.1, 0.15) is 5.78 Å². The molecule has 0 fully saturated rings. The minimum Gasteiger partial charge on any atom is -0.400 e. The number of allylic oxidation sites excluding steroid dienone is 5. The highest BCUT2D eigenvalue weighted by Gasteiger charge is 1.94. The molecule has 0 aromatic carbocycles. The van der Waals surface area contributed by atoms with E-state index in [0.717, 1.165) is 12.7 Å². The van der Waals surface area contributed by atoms with Gasteiger partial charge in [-0.2, -0.15) is 0 Å². The number of aliphatic hydroxyl groups excluding tert-OH is 1. The first-order valence-corrected chi connectivity index (χ1v) is 8.42. The molecule has 2 heteroatoms. The number of ketones is 1. The lowest BCUT2D eigenvalue weighted by Gasteiger charge is -1.94. The van der Waals surface area contributed by atoms with Crippen LogP contribution >= 0.6 is 0 Å². The van der Waals surface area contributed by atoms with E-state index < -0.39 is 0 Å². The molecule has 0 aromatic heterocycles. The first kappa shape index (κ1) is 28.9.